The number of rotatable bonds is 11. The van der Waals surface area contributed by atoms with Crippen molar-refractivity contribution in [1.82, 2.24) is 10.2 Å². The van der Waals surface area contributed by atoms with Crippen LogP contribution in [0.1, 0.15) is 63.7 Å². The SMILES string of the molecule is CC/C=C\C=C1/CSc2ccc(C(=O)NCCN(CC)CC)cc2N=C1CCCC. The van der Waals surface area contributed by atoms with Crippen LogP contribution in [0.5, 0.6) is 0 Å². The van der Waals surface area contributed by atoms with Crippen LogP contribution in [0.25, 0.3) is 0 Å². The summed E-state index contributed by atoms with van der Waals surface area (Å²) in [5, 5.41) is 3.05. The Balaban J connectivity index is 2.20. The van der Waals surface area contributed by atoms with E-state index in [1.54, 1.807) is 11.8 Å². The second kappa shape index (κ2) is 13.5. The maximum Gasteiger partial charge on any atom is 0.251 e. The quantitative estimate of drug-likeness (QED) is 0.470. The highest BCUT2D eigenvalue weighted by atomic mass is 32.2. The maximum atomic E-state index is 12.7. The number of fused-ring (bicyclic) bond motifs is 1. The Morgan fingerprint density at radius 2 is 2.03 bits per heavy atom. The van der Waals surface area contributed by atoms with Crippen LogP contribution >= 0.6 is 11.8 Å². The third-order valence-electron chi connectivity index (χ3n) is 5.27. The van der Waals surface area contributed by atoms with Crippen LogP contribution in [0, 0.1) is 0 Å². The number of thioether (sulfide) groups is 1. The van der Waals surface area contributed by atoms with Crippen molar-refractivity contribution >= 4 is 29.1 Å². The predicted molar refractivity (Wildman–Crippen MR) is 131 cm³/mol. The molecule has 0 spiro atoms. The number of nitrogens with one attached hydrogen (secondary N) is 1. The molecule has 0 bridgehead atoms. The predicted octanol–water partition coefficient (Wildman–Crippen LogP) is 6.02. The standard InChI is InChI=1S/C25H37N3OS/c1-5-9-11-12-21-19-30-24-15-14-20(18-23(24)27-22(21)13-10-6-2)25(29)26-16-17-28(7-3)8-4/h9,11-12,14-15,18H,5-8,10,13,16-17,19H2,1-4H3,(H,26,29)/b11-9-,21-12+. The van der Waals surface area contributed by atoms with Gasteiger partial charge in [0.2, 0.25) is 0 Å². The molecule has 0 unspecified atom stereocenters. The van der Waals surface area contributed by atoms with Gasteiger partial charge in [-0.2, -0.15) is 0 Å². The van der Waals surface area contributed by atoms with Crippen LogP contribution in [0.2, 0.25) is 0 Å². The lowest BCUT2D eigenvalue weighted by Crippen LogP contribution is -2.34. The number of hydrogen-bond acceptors (Lipinski definition) is 4. The molecule has 1 aliphatic heterocycles. The van der Waals surface area contributed by atoms with E-state index in [2.05, 4.69) is 56.1 Å². The lowest BCUT2D eigenvalue weighted by Gasteiger charge is -2.18. The third-order valence-corrected chi connectivity index (χ3v) is 6.39. The van der Waals surface area contributed by atoms with Crippen LogP contribution in [0.15, 0.2) is 51.9 Å². The van der Waals surface area contributed by atoms with Gasteiger partial charge in [-0.1, -0.05) is 52.3 Å². The summed E-state index contributed by atoms with van der Waals surface area (Å²) in [6.07, 6.45) is 10.8. The van der Waals surface area contributed by atoms with E-state index in [-0.39, 0.29) is 5.91 Å². The van der Waals surface area contributed by atoms with Gasteiger partial charge in [-0.25, -0.2) is 0 Å². The second-order valence-corrected chi connectivity index (χ2v) is 8.46. The highest BCUT2D eigenvalue weighted by Crippen LogP contribution is 2.36. The summed E-state index contributed by atoms with van der Waals surface area (Å²) >= 11 is 1.81. The van der Waals surface area contributed by atoms with Crippen molar-refractivity contribution in [2.75, 3.05) is 31.9 Å². The van der Waals surface area contributed by atoms with Crippen molar-refractivity contribution in [1.29, 1.82) is 0 Å². The zero-order valence-electron chi connectivity index (χ0n) is 19.0. The smallest absolute Gasteiger partial charge is 0.251 e. The number of unbranched alkanes of at least 4 members (excludes halogenated alkanes) is 1. The summed E-state index contributed by atoms with van der Waals surface area (Å²) in [6, 6.07) is 5.92. The Morgan fingerprint density at radius 1 is 1.23 bits per heavy atom. The Hall–Kier alpha value is -1.85. The molecule has 0 saturated heterocycles. The van der Waals surface area contributed by atoms with E-state index in [0.717, 1.165) is 67.4 Å². The molecule has 164 valence electrons. The van der Waals surface area contributed by atoms with Crippen molar-refractivity contribution in [2.24, 2.45) is 4.99 Å². The average molecular weight is 428 g/mol. The lowest BCUT2D eigenvalue weighted by atomic mass is 10.0. The van der Waals surface area contributed by atoms with Gasteiger partial charge in [0.1, 0.15) is 0 Å². The lowest BCUT2D eigenvalue weighted by molar-refractivity contribution is 0.0949. The largest absolute Gasteiger partial charge is 0.351 e. The summed E-state index contributed by atoms with van der Waals surface area (Å²) in [6.45, 7) is 12.2. The molecule has 0 atom stereocenters. The number of amides is 1. The van der Waals surface area contributed by atoms with Crippen molar-refractivity contribution in [3.8, 4) is 0 Å². The average Bonchev–Trinajstić information content (AvgIpc) is 2.94. The molecule has 0 aliphatic carbocycles. The van der Waals surface area contributed by atoms with Gasteiger partial charge in [0, 0.05) is 35.0 Å². The van der Waals surface area contributed by atoms with Crippen LogP contribution in [0.4, 0.5) is 5.69 Å². The van der Waals surface area contributed by atoms with E-state index in [4.69, 9.17) is 4.99 Å². The maximum absolute atomic E-state index is 12.7. The van der Waals surface area contributed by atoms with Crippen LogP contribution in [-0.4, -0.2) is 48.5 Å². The molecule has 0 radical (unpaired) electrons. The molecule has 1 aliphatic rings. The van der Waals surface area contributed by atoms with Gasteiger partial charge < -0.3 is 10.2 Å². The first-order valence-corrected chi connectivity index (χ1v) is 12.3. The first-order valence-electron chi connectivity index (χ1n) is 11.3. The van der Waals surface area contributed by atoms with Gasteiger partial charge in [0.15, 0.2) is 0 Å². The molecule has 0 fully saturated rings. The van der Waals surface area contributed by atoms with E-state index < -0.39 is 0 Å². The molecule has 30 heavy (non-hydrogen) atoms. The molecule has 1 heterocycles. The van der Waals surface area contributed by atoms with E-state index in [9.17, 15) is 4.79 Å². The highest BCUT2D eigenvalue weighted by Gasteiger charge is 2.17. The Bertz CT molecular complexity index is 779. The van der Waals surface area contributed by atoms with Gasteiger partial charge in [-0.15, -0.1) is 11.8 Å². The summed E-state index contributed by atoms with van der Waals surface area (Å²) in [5.74, 6) is 0.894. The third kappa shape index (κ3) is 7.44. The van der Waals surface area contributed by atoms with Gasteiger partial charge in [0.05, 0.1) is 5.69 Å². The van der Waals surface area contributed by atoms with Gasteiger partial charge >= 0.3 is 0 Å². The van der Waals surface area contributed by atoms with Crippen molar-refractivity contribution in [3.63, 3.8) is 0 Å². The van der Waals surface area contributed by atoms with Gasteiger partial charge in [-0.05, 0) is 56.1 Å². The Morgan fingerprint density at radius 3 is 2.73 bits per heavy atom. The number of allylic oxidation sites excluding steroid dienone is 3. The minimum atomic E-state index is -0.0221. The summed E-state index contributed by atoms with van der Waals surface area (Å²) in [5.41, 5.74) is 4.05. The molecule has 1 N–H and O–H groups in total. The van der Waals surface area contributed by atoms with E-state index in [0.29, 0.717) is 12.1 Å². The number of carbonyl (C=O) groups is 1. The first-order chi connectivity index (χ1) is 14.6. The van der Waals surface area contributed by atoms with Crippen LogP contribution in [0.3, 0.4) is 0 Å². The zero-order valence-corrected chi connectivity index (χ0v) is 19.9. The number of hydrogen-bond donors (Lipinski definition) is 1. The molecule has 4 nitrogen and oxygen atoms in total. The molecule has 1 amide bonds. The topological polar surface area (TPSA) is 44.7 Å². The summed E-state index contributed by atoms with van der Waals surface area (Å²) in [4.78, 5) is 21.1. The Kier molecular flexibility index (Phi) is 11.0. The fourth-order valence-corrected chi connectivity index (χ4v) is 4.31. The van der Waals surface area contributed by atoms with Gasteiger partial charge in [0.25, 0.3) is 5.91 Å². The van der Waals surface area contributed by atoms with E-state index >= 15 is 0 Å². The van der Waals surface area contributed by atoms with Crippen LogP contribution < -0.4 is 5.32 Å². The molecule has 5 heteroatoms. The highest BCUT2D eigenvalue weighted by molar-refractivity contribution is 7.99. The molecule has 0 aromatic heterocycles. The minimum absolute atomic E-state index is 0.0221. The minimum Gasteiger partial charge on any atom is -0.351 e. The fourth-order valence-electron chi connectivity index (χ4n) is 3.32. The van der Waals surface area contributed by atoms with Crippen molar-refractivity contribution in [2.45, 2.75) is 58.3 Å². The fraction of sp³-hybridized carbons (Fsp3) is 0.520. The normalized spacial score (nSPS) is 15.4. The second-order valence-electron chi connectivity index (χ2n) is 7.44. The molecular formula is C25H37N3OS. The number of nitrogens with zero attached hydrogens (tertiary/aromatic N) is 2. The number of likely N-dealkylation sites (N-methyl/N-ethyl adjacent to an activating group) is 1. The van der Waals surface area contributed by atoms with Crippen molar-refractivity contribution in [3.05, 3.63) is 47.6 Å². The molecule has 0 saturated carbocycles. The monoisotopic (exact) mass is 427 g/mol. The summed E-state index contributed by atoms with van der Waals surface area (Å²) < 4.78 is 0. The molecule has 2 rings (SSSR count). The van der Waals surface area contributed by atoms with Crippen LogP contribution in [-0.2, 0) is 0 Å². The summed E-state index contributed by atoms with van der Waals surface area (Å²) in [7, 11) is 0. The van der Waals surface area contributed by atoms with Crippen molar-refractivity contribution < 1.29 is 4.79 Å². The van der Waals surface area contributed by atoms with Gasteiger partial charge in [-0.3, -0.25) is 9.79 Å². The number of aliphatic imine (C=N–C) groups is 1. The van der Waals surface area contributed by atoms with E-state index in [1.165, 1.54) is 5.57 Å². The number of carbonyl (C=O) groups excluding carboxylic acids is 1. The number of benzene rings is 1. The molecular weight excluding hydrogens is 390 g/mol. The molecule has 1 aromatic carbocycles. The molecule has 1 aromatic rings. The zero-order chi connectivity index (χ0) is 21.8. The first kappa shape index (κ1) is 24.4. The Labute approximate surface area is 186 Å². The van der Waals surface area contributed by atoms with E-state index in [1.807, 2.05) is 18.2 Å².